The molecule has 80 valence electrons. The molecule has 14 heavy (non-hydrogen) atoms. The number of rotatable bonds is 0. The zero-order valence-electron chi connectivity index (χ0n) is 7.06. The van der Waals surface area contributed by atoms with Gasteiger partial charge in [-0.2, -0.15) is 0 Å². The second-order valence-corrected chi connectivity index (χ2v) is 2.40. The molecule has 0 unspecified atom stereocenters. The van der Waals surface area contributed by atoms with Gasteiger partial charge in [-0.1, -0.05) is 0 Å². The molecule has 0 spiro atoms. The molecule has 1 heterocycles. The number of halogens is 3. The van der Waals surface area contributed by atoms with E-state index < -0.39 is 0 Å². The predicted molar refractivity (Wildman–Crippen MR) is 66.7 cm³/mol. The van der Waals surface area contributed by atoms with Crippen LogP contribution in [-0.4, -0.2) is 9.97 Å². The summed E-state index contributed by atoms with van der Waals surface area (Å²) in [6, 6.07) is 3.53. The van der Waals surface area contributed by atoms with Gasteiger partial charge >= 0.3 is 0 Å². The number of nitrogens with two attached hydrogens (primary N) is 2. The van der Waals surface area contributed by atoms with Gasteiger partial charge in [-0.15, -0.1) is 37.2 Å². The van der Waals surface area contributed by atoms with Crippen LogP contribution in [0.15, 0.2) is 18.5 Å². The van der Waals surface area contributed by atoms with Gasteiger partial charge in [0.05, 0.1) is 28.7 Å². The molecule has 1 aromatic heterocycles. The van der Waals surface area contributed by atoms with Gasteiger partial charge in [0.1, 0.15) is 0 Å². The maximum atomic E-state index is 5.57. The first-order chi connectivity index (χ1) is 5.27. The summed E-state index contributed by atoms with van der Waals surface area (Å²) < 4.78 is 0. The minimum atomic E-state index is 0. The molecule has 7 heteroatoms. The quantitative estimate of drug-likeness (QED) is 0.631. The van der Waals surface area contributed by atoms with E-state index in [2.05, 4.69) is 9.97 Å². The number of fused-ring (bicyclic) bond motifs is 1. The van der Waals surface area contributed by atoms with Crippen molar-refractivity contribution in [2.45, 2.75) is 0 Å². The highest BCUT2D eigenvalue weighted by molar-refractivity contribution is 5.86. The molecule has 0 bridgehead atoms. The second-order valence-electron chi connectivity index (χ2n) is 2.40. The van der Waals surface area contributed by atoms with Gasteiger partial charge < -0.3 is 16.5 Å². The van der Waals surface area contributed by atoms with E-state index in [4.69, 9.17) is 11.5 Å². The van der Waals surface area contributed by atoms with E-state index in [1.807, 2.05) is 0 Å². The zero-order chi connectivity index (χ0) is 7.84. The standard InChI is InChI=1S/C7H8N4.3ClH/c8-4-1-6-7(2-5(4)9)11-3-10-6;;;/h1-3H,8-9H2,(H,10,11);3*1H. The van der Waals surface area contributed by atoms with Gasteiger partial charge in [0.25, 0.3) is 0 Å². The molecule has 0 radical (unpaired) electrons. The molecular weight excluding hydrogens is 246 g/mol. The van der Waals surface area contributed by atoms with E-state index >= 15 is 0 Å². The molecule has 4 nitrogen and oxygen atoms in total. The molecule has 0 saturated heterocycles. The van der Waals surface area contributed by atoms with Crippen molar-refractivity contribution in [3.8, 4) is 0 Å². The zero-order valence-corrected chi connectivity index (χ0v) is 9.51. The maximum Gasteiger partial charge on any atom is 0.0931 e. The Morgan fingerprint density at radius 3 is 2.21 bits per heavy atom. The number of anilines is 2. The van der Waals surface area contributed by atoms with E-state index in [0.717, 1.165) is 11.0 Å². The van der Waals surface area contributed by atoms with Crippen LogP contribution in [0.5, 0.6) is 0 Å². The molecular formula is C7H11Cl3N4. The lowest BCUT2D eigenvalue weighted by Gasteiger charge is -1.97. The van der Waals surface area contributed by atoms with E-state index in [1.54, 1.807) is 18.5 Å². The van der Waals surface area contributed by atoms with Crippen molar-refractivity contribution in [1.82, 2.24) is 9.97 Å². The van der Waals surface area contributed by atoms with Crippen LogP contribution >= 0.6 is 37.2 Å². The maximum absolute atomic E-state index is 5.57. The van der Waals surface area contributed by atoms with Crippen LogP contribution in [0, 0.1) is 0 Å². The Balaban J connectivity index is 0. The molecule has 5 N–H and O–H groups in total. The Morgan fingerprint density at radius 2 is 1.57 bits per heavy atom. The van der Waals surface area contributed by atoms with E-state index in [1.165, 1.54) is 0 Å². The van der Waals surface area contributed by atoms with Crippen molar-refractivity contribution in [2.24, 2.45) is 0 Å². The third kappa shape index (κ3) is 2.57. The summed E-state index contributed by atoms with van der Waals surface area (Å²) in [6.45, 7) is 0. The number of imidazole rings is 1. The Hall–Kier alpha value is -0.840. The first kappa shape index (κ1) is 15.6. The number of nitrogen functional groups attached to an aromatic ring is 2. The van der Waals surface area contributed by atoms with Crippen LogP contribution < -0.4 is 11.5 Å². The molecule has 0 aliphatic rings. The first-order valence-corrected chi connectivity index (χ1v) is 3.25. The molecule has 0 atom stereocenters. The van der Waals surface area contributed by atoms with Crippen molar-refractivity contribution in [1.29, 1.82) is 0 Å². The summed E-state index contributed by atoms with van der Waals surface area (Å²) in [5.41, 5.74) is 14.1. The normalized spacial score (nSPS) is 8.29. The number of aromatic amines is 1. The van der Waals surface area contributed by atoms with E-state index in [9.17, 15) is 0 Å². The smallest absolute Gasteiger partial charge is 0.0931 e. The lowest BCUT2D eigenvalue weighted by molar-refractivity contribution is 1.34. The Bertz CT molecular complexity index is 365. The number of hydrogen-bond acceptors (Lipinski definition) is 3. The highest BCUT2D eigenvalue weighted by Gasteiger charge is 1.99. The number of nitrogens with one attached hydrogen (secondary N) is 1. The number of hydrogen-bond donors (Lipinski definition) is 3. The molecule has 2 rings (SSSR count). The van der Waals surface area contributed by atoms with Gasteiger partial charge in [-0.3, -0.25) is 0 Å². The number of benzene rings is 1. The van der Waals surface area contributed by atoms with Gasteiger partial charge in [-0.25, -0.2) is 4.98 Å². The SMILES string of the molecule is Cl.Cl.Cl.Nc1cc2nc[nH]c2cc1N. The molecule has 1 aromatic carbocycles. The van der Waals surface area contributed by atoms with Crippen LogP contribution in [0.25, 0.3) is 11.0 Å². The van der Waals surface area contributed by atoms with Crippen LogP contribution in [0.4, 0.5) is 11.4 Å². The van der Waals surface area contributed by atoms with E-state index in [0.29, 0.717) is 11.4 Å². The topological polar surface area (TPSA) is 80.7 Å². The fourth-order valence-electron chi connectivity index (χ4n) is 1.01. The fraction of sp³-hybridized carbons (Fsp3) is 0. The summed E-state index contributed by atoms with van der Waals surface area (Å²) >= 11 is 0. The van der Waals surface area contributed by atoms with E-state index in [-0.39, 0.29) is 37.2 Å². The third-order valence-electron chi connectivity index (χ3n) is 1.63. The molecule has 0 aliphatic carbocycles. The Kier molecular flexibility index (Phi) is 6.47. The van der Waals surface area contributed by atoms with Crippen LogP contribution in [-0.2, 0) is 0 Å². The van der Waals surface area contributed by atoms with Crippen molar-refractivity contribution in [2.75, 3.05) is 11.5 Å². The second kappa shape index (κ2) is 5.80. The lowest BCUT2D eigenvalue weighted by Crippen LogP contribution is -1.93. The largest absolute Gasteiger partial charge is 0.397 e. The third-order valence-corrected chi connectivity index (χ3v) is 1.63. The highest BCUT2D eigenvalue weighted by Crippen LogP contribution is 2.20. The molecule has 0 amide bonds. The van der Waals surface area contributed by atoms with Gasteiger partial charge in [0.15, 0.2) is 0 Å². The lowest BCUT2D eigenvalue weighted by atomic mass is 10.2. The predicted octanol–water partition coefficient (Wildman–Crippen LogP) is 1.99. The highest BCUT2D eigenvalue weighted by atomic mass is 35.5. The minimum Gasteiger partial charge on any atom is -0.397 e. The minimum absolute atomic E-state index is 0. The Morgan fingerprint density at radius 1 is 1.00 bits per heavy atom. The van der Waals surface area contributed by atoms with Crippen LogP contribution in [0.3, 0.4) is 0 Å². The van der Waals surface area contributed by atoms with Crippen molar-refractivity contribution < 1.29 is 0 Å². The van der Waals surface area contributed by atoms with Crippen molar-refractivity contribution >= 4 is 59.6 Å². The van der Waals surface area contributed by atoms with Crippen molar-refractivity contribution in [3.63, 3.8) is 0 Å². The van der Waals surface area contributed by atoms with Crippen LogP contribution in [0.1, 0.15) is 0 Å². The summed E-state index contributed by atoms with van der Waals surface area (Å²) in [4.78, 5) is 6.97. The fourth-order valence-corrected chi connectivity index (χ4v) is 1.01. The first-order valence-electron chi connectivity index (χ1n) is 3.25. The average Bonchev–Trinajstić information content (AvgIpc) is 2.36. The summed E-state index contributed by atoms with van der Waals surface area (Å²) in [5, 5.41) is 0. The van der Waals surface area contributed by atoms with Crippen LogP contribution in [0.2, 0.25) is 0 Å². The summed E-state index contributed by atoms with van der Waals surface area (Å²) in [6.07, 6.45) is 1.61. The van der Waals surface area contributed by atoms with Crippen molar-refractivity contribution in [3.05, 3.63) is 18.5 Å². The monoisotopic (exact) mass is 256 g/mol. The molecule has 2 aromatic rings. The summed E-state index contributed by atoms with van der Waals surface area (Å²) in [7, 11) is 0. The van der Waals surface area contributed by atoms with Gasteiger partial charge in [0.2, 0.25) is 0 Å². The number of H-pyrrole nitrogens is 1. The average molecular weight is 258 g/mol. The summed E-state index contributed by atoms with van der Waals surface area (Å²) in [5.74, 6) is 0. The Labute approximate surface area is 99.7 Å². The molecule has 0 aliphatic heterocycles. The van der Waals surface area contributed by atoms with Gasteiger partial charge in [0, 0.05) is 0 Å². The van der Waals surface area contributed by atoms with Gasteiger partial charge in [-0.05, 0) is 12.1 Å². The number of nitrogens with zero attached hydrogens (tertiary/aromatic N) is 1. The molecule has 0 saturated carbocycles. The number of aromatic nitrogens is 2. The molecule has 0 fully saturated rings.